The summed E-state index contributed by atoms with van der Waals surface area (Å²) in [4.78, 5) is 0. The molecule has 0 fully saturated rings. The summed E-state index contributed by atoms with van der Waals surface area (Å²) in [5.74, 6) is 0. The molecule has 0 saturated carbocycles. The largest absolute Gasteiger partial charge is 0.310 e. The third-order valence-electron chi connectivity index (χ3n) is 0.868. The highest BCUT2D eigenvalue weighted by molar-refractivity contribution is 4.60. The van der Waals surface area contributed by atoms with E-state index >= 15 is 0 Å². The lowest BCUT2D eigenvalue weighted by Gasteiger charge is -2.11. The van der Waals surface area contributed by atoms with E-state index in [1.807, 2.05) is 20.8 Å². The van der Waals surface area contributed by atoms with Crippen LogP contribution in [-0.2, 0) is 5.11 Å². The summed E-state index contributed by atoms with van der Waals surface area (Å²) in [5, 5.41) is 13.2. The van der Waals surface area contributed by atoms with Crippen LogP contribution in [0.2, 0.25) is 0 Å². The third-order valence-corrected chi connectivity index (χ3v) is 0.868. The van der Waals surface area contributed by atoms with Gasteiger partial charge in [-0.25, -0.2) is 5.11 Å². The van der Waals surface area contributed by atoms with Gasteiger partial charge in [0.2, 0.25) is 0 Å². The van der Waals surface area contributed by atoms with Crippen LogP contribution in [0.5, 0.6) is 0 Å². The molecule has 0 aliphatic carbocycles. The molecule has 0 saturated heterocycles. The van der Waals surface area contributed by atoms with Gasteiger partial charge in [0.25, 0.3) is 0 Å². The highest BCUT2D eigenvalue weighted by Gasteiger charge is 1.99. The maximum Gasteiger partial charge on any atom is 0.0972 e. The molecule has 49 valence electrons. The zero-order valence-electron chi connectivity index (χ0n) is 5.77. The van der Waals surface area contributed by atoms with E-state index < -0.39 is 0 Å². The van der Waals surface area contributed by atoms with E-state index in [0.717, 1.165) is 0 Å². The summed E-state index contributed by atoms with van der Waals surface area (Å²) >= 11 is 0. The number of hydrogen-bond acceptors (Lipinski definition) is 1. The first-order valence-corrected chi connectivity index (χ1v) is 3.01. The number of rotatable bonds is 3. The van der Waals surface area contributed by atoms with Crippen LogP contribution in [0.25, 0.3) is 0 Å². The monoisotopic (exact) mass is 116 g/mol. The van der Waals surface area contributed by atoms with Gasteiger partial charge in [-0.05, 0) is 6.92 Å². The minimum atomic E-state index is -0.0296. The fourth-order valence-corrected chi connectivity index (χ4v) is 0.617. The molecule has 1 N–H and O–H groups in total. The molecule has 1 radical (unpaired) electrons. The predicted molar refractivity (Wildman–Crippen MR) is 33.3 cm³/mol. The summed E-state index contributed by atoms with van der Waals surface area (Å²) in [6, 6.07) is 0.550. The molecule has 0 aromatic heterocycles. The molecule has 1 atom stereocenters. The third kappa shape index (κ3) is 4.09. The van der Waals surface area contributed by atoms with Crippen LogP contribution >= 0.6 is 0 Å². The van der Waals surface area contributed by atoms with Crippen LogP contribution in [0.4, 0.5) is 0 Å². The second-order valence-electron chi connectivity index (χ2n) is 2.39. The lowest BCUT2D eigenvalue weighted by Crippen LogP contribution is -2.34. The van der Waals surface area contributed by atoms with Crippen molar-refractivity contribution in [2.75, 3.05) is 6.61 Å². The van der Waals surface area contributed by atoms with Crippen molar-refractivity contribution >= 4 is 0 Å². The van der Waals surface area contributed by atoms with Crippen molar-refractivity contribution in [3.63, 3.8) is 0 Å². The number of nitrogens with one attached hydrogen (secondary N) is 1. The Hall–Kier alpha value is -0.0800. The zero-order chi connectivity index (χ0) is 6.57. The van der Waals surface area contributed by atoms with Crippen molar-refractivity contribution in [2.24, 2.45) is 0 Å². The van der Waals surface area contributed by atoms with Crippen LogP contribution in [0.15, 0.2) is 0 Å². The molecule has 2 heteroatoms. The summed E-state index contributed by atoms with van der Waals surface area (Å²) in [7, 11) is 0. The molecule has 1 unspecified atom stereocenters. The normalized spacial score (nSPS) is 14.6. The van der Waals surface area contributed by atoms with Crippen molar-refractivity contribution in [2.45, 2.75) is 32.9 Å². The molecule has 0 aliphatic heterocycles. The number of hydrogen-bond donors (Lipinski definition) is 1. The zero-order valence-corrected chi connectivity index (χ0v) is 5.77. The minimum Gasteiger partial charge on any atom is -0.310 e. The van der Waals surface area contributed by atoms with E-state index in [1.54, 1.807) is 0 Å². The topological polar surface area (TPSA) is 31.9 Å². The molecule has 0 rings (SSSR count). The molecular formula is C6H14NO. The van der Waals surface area contributed by atoms with E-state index in [2.05, 4.69) is 5.32 Å². The molecule has 0 aromatic rings. The Morgan fingerprint density at radius 1 is 1.38 bits per heavy atom. The summed E-state index contributed by atoms with van der Waals surface area (Å²) in [5.41, 5.74) is 0. The van der Waals surface area contributed by atoms with Gasteiger partial charge in [-0.3, -0.25) is 0 Å². The van der Waals surface area contributed by atoms with Gasteiger partial charge in [-0.1, -0.05) is 13.8 Å². The van der Waals surface area contributed by atoms with Crippen LogP contribution in [0.1, 0.15) is 20.8 Å². The summed E-state index contributed by atoms with van der Waals surface area (Å²) < 4.78 is 0. The fourth-order valence-electron chi connectivity index (χ4n) is 0.617. The van der Waals surface area contributed by atoms with Gasteiger partial charge in [0.1, 0.15) is 0 Å². The van der Waals surface area contributed by atoms with Gasteiger partial charge >= 0.3 is 0 Å². The Kier molecular flexibility index (Phi) is 3.83. The van der Waals surface area contributed by atoms with E-state index in [1.165, 1.54) is 0 Å². The lowest BCUT2D eigenvalue weighted by atomic mass is 10.3. The molecule has 8 heavy (non-hydrogen) atoms. The Balaban J connectivity index is 3.10. The van der Waals surface area contributed by atoms with Crippen molar-refractivity contribution in [3.05, 3.63) is 0 Å². The highest BCUT2D eigenvalue weighted by Crippen LogP contribution is 1.82. The molecule has 0 bridgehead atoms. The van der Waals surface area contributed by atoms with Crippen molar-refractivity contribution in [1.82, 2.24) is 5.32 Å². The van der Waals surface area contributed by atoms with E-state index in [9.17, 15) is 5.11 Å². The standard InChI is InChI=1S/C6H14NO/c1-5(2)7-6(3)4-8/h5-7H,4H2,1-3H3. The van der Waals surface area contributed by atoms with Crippen molar-refractivity contribution in [1.29, 1.82) is 0 Å². The highest BCUT2D eigenvalue weighted by atomic mass is 16.3. The average Bonchev–Trinajstić information content (AvgIpc) is 1.65. The first kappa shape index (κ1) is 7.92. The van der Waals surface area contributed by atoms with Gasteiger partial charge in [0.05, 0.1) is 6.61 Å². The van der Waals surface area contributed by atoms with Gasteiger partial charge in [0, 0.05) is 12.1 Å². The SMILES string of the molecule is CC(C)NC(C)C[O]. The van der Waals surface area contributed by atoms with Gasteiger partial charge in [-0.2, -0.15) is 0 Å². The maximum absolute atomic E-state index is 10.1. The quantitative estimate of drug-likeness (QED) is 0.581. The molecular weight excluding hydrogens is 102 g/mol. The molecule has 0 aromatic carbocycles. The van der Waals surface area contributed by atoms with Crippen LogP contribution < -0.4 is 5.32 Å². The minimum absolute atomic E-state index is 0.0296. The Labute approximate surface area is 50.9 Å². The fraction of sp³-hybridized carbons (Fsp3) is 1.00. The van der Waals surface area contributed by atoms with Gasteiger partial charge < -0.3 is 5.32 Å². The molecule has 0 heterocycles. The summed E-state index contributed by atoms with van der Waals surface area (Å²) in [6.45, 7) is 5.93. The second-order valence-corrected chi connectivity index (χ2v) is 2.39. The second kappa shape index (κ2) is 3.87. The molecule has 0 spiro atoms. The molecule has 0 amide bonds. The summed E-state index contributed by atoms with van der Waals surface area (Å²) in [6.07, 6.45) is 0. The van der Waals surface area contributed by atoms with E-state index in [0.29, 0.717) is 6.04 Å². The first-order valence-electron chi connectivity index (χ1n) is 3.01. The first-order chi connectivity index (χ1) is 3.66. The van der Waals surface area contributed by atoms with Crippen LogP contribution in [0.3, 0.4) is 0 Å². The Bertz CT molecular complexity index is 54.5. The van der Waals surface area contributed by atoms with Gasteiger partial charge in [-0.15, -0.1) is 0 Å². The van der Waals surface area contributed by atoms with Gasteiger partial charge in [0.15, 0.2) is 0 Å². The molecule has 0 aliphatic rings. The van der Waals surface area contributed by atoms with E-state index in [-0.39, 0.29) is 12.6 Å². The Morgan fingerprint density at radius 2 is 1.88 bits per heavy atom. The predicted octanol–water partition coefficient (Wildman–Crippen LogP) is 0.803. The van der Waals surface area contributed by atoms with Crippen molar-refractivity contribution < 1.29 is 5.11 Å². The van der Waals surface area contributed by atoms with Crippen LogP contribution in [0, 0.1) is 0 Å². The smallest absolute Gasteiger partial charge is 0.0972 e. The maximum atomic E-state index is 10.1. The van der Waals surface area contributed by atoms with Crippen molar-refractivity contribution in [3.8, 4) is 0 Å². The van der Waals surface area contributed by atoms with Crippen LogP contribution in [-0.4, -0.2) is 18.7 Å². The van der Waals surface area contributed by atoms with E-state index in [4.69, 9.17) is 0 Å². The Morgan fingerprint density at radius 3 is 2.00 bits per heavy atom. The lowest BCUT2D eigenvalue weighted by molar-refractivity contribution is 0.161. The molecule has 2 nitrogen and oxygen atoms in total. The average molecular weight is 116 g/mol.